The van der Waals surface area contributed by atoms with E-state index in [1.54, 1.807) is 0 Å². The Morgan fingerprint density at radius 3 is 1.69 bits per heavy atom. The van der Waals surface area contributed by atoms with Crippen molar-refractivity contribution in [3.8, 4) is 0 Å². The van der Waals surface area contributed by atoms with E-state index >= 15 is 0 Å². The lowest BCUT2D eigenvalue weighted by Crippen LogP contribution is -2.72. The van der Waals surface area contributed by atoms with E-state index in [-0.39, 0.29) is 0 Å². The molecule has 0 aromatic heterocycles. The van der Waals surface area contributed by atoms with Crippen LogP contribution in [0.3, 0.4) is 0 Å². The van der Waals surface area contributed by atoms with Gasteiger partial charge in [-0.05, 0) is 0 Å². The quantitative estimate of drug-likeness (QED) is 0.291. The third-order valence-corrected chi connectivity index (χ3v) is 3.21. The third-order valence-electron chi connectivity index (χ3n) is 1.70. The van der Waals surface area contributed by atoms with Crippen LogP contribution in [0.4, 0.5) is 0 Å². The molecule has 0 aliphatic rings. The maximum absolute atomic E-state index is 10.8. The number of nitrogens with zero attached hydrogens (tertiary/aromatic N) is 1. The molecule has 0 bridgehead atoms. The number of carboxylic acid groups (broad SMARTS) is 1. The average molecular weight is 213 g/mol. The summed E-state index contributed by atoms with van der Waals surface area (Å²) in [5.41, 5.74) is 5.13. The van der Waals surface area contributed by atoms with Gasteiger partial charge in [0.1, 0.15) is 0 Å². The number of hydrogen-bond acceptors (Lipinski definition) is 4. The standard InChI is InChI=1S/C5H12N2O5S/c1-7(2,3)5(6,4(8)9)13(10,11)12/h6H2,1-3H3,(H-,8,9,10,11,12)/p+1. The normalized spacial score (nSPS) is 17.9. The molecule has 1 atom stereocenters. The first-order chi connectivity index (χ1) is 5.44. The molecule has 0 aliphatic carbocycles. The number of likely N-dealkylation sites (N-methyl/N-ethyl adjacent to an activating group) is 1. The van der Waals surface area contributed by atoms with Gasteiger partial charge in [-0.15, -0.1) is 0 Å². The summed E-state index contributed by atoms with van der Waals surface area (Å²) in [6.07, 6.45) is 0. The van der Waals surface area contributed by atoms with Crippen LogP contribution < -0.4 is 5.73 Å². The smallest absolute Gasteiger partial charge is 0.401 e. The third kappa shape index (κ3) is 1.80. The number of rotatable bonds is 3. The molecular formula is C5H13N2O5S+. The number of carboxylic acids is 1. The topological polar surface area (TPSA) is 118 Å². The van der Waals surface area contributed by atoms with Gasteiger partial charge in [-0.25, -0.2) is 4.79 Å². The summed E-state index contributed by atoms with van der Waals surface area (Å²) in [5, 5.41) is 8.62. The summed E-state index contributed by atoms with van der Waals surface area (Å²) in [6, 6.07) is 0. The second kappa shape index (κ2) is 2.91. The molecule has 0 amide bonds. The minimum Gasteiger partial charge on any atom is -0.475 e. The first-order valence-corrected chi connectivity index (χ1v) is 4.69. The van der Waals surface area contributed by atoms with Crippen molar-refractivity contribution in [3.05, 3.63) is 0 Å². The Bertz CT molecular complexity index is 316. The number of quaternary nitrogens is 1. The van der Waals surface area contributed by atoms with Crippen molar-refractivity contribution < 1.29 is 27.4 Å². The second-order valence-corrected chi connectivity index (χ2v) is 5.06. The Kier molecular flexibility index (Phi) is 2.75. The number of aliphatic carboxylic acids is 1. The van der Waals surface area contributed by atoms with Crippen molar-refractivity contribution in [1.82, 2.24) is 0 Å². The van der Waals surface area contributed by atoms with E-state index in [4.69, 9.17) is 15.4 Å². The summed E-state index contributed by atoms with van der Waals surface area (Å²) >= 11 is 0. The van der Waals surface area contributed by atoms with Gasteiger partial charge in [0, 0.05) is 0 Å². The zero-order valence-electron chi connectivity index (χ0n) is 7.55. The van der Waals surface area contributed by atoms with Crippen molar-refractivity contribution in [2.45, 2.75) is 4.99 Å². The summed E-state index contributed by atoms with van der Waals surface area (Å²) < 4.78 is 29.6. The van der Waals surface area contributed by atoms with Crippen LogP contribution in [0.1, 0.15) is 0 Å². The molecule has 78 valence electrons. The lowest BCUT2D eigenvalue weighted by molar-refractivity contribution is -0.898. The van der Waals surface area contributed by atoms with Crippen LogP contribution >= 0.6 is 0 Å². The van der Waals surface area contributed by atoms with Crippen LogP contribution in [0.15, 0.2) is 0 Å². The second-order valence-electron chi connectivity index (χ2n) is 3.49. The highest BCUT2D eigenvalue weighted by Crippen LogP contribution is 2.18. The highest BCUT2D eigenvalue weighted by molar-refractivity contribution is 7.87. The Morgan fingerprint density at radius 1 is 1.38 bits per heavy atom. The van der Waals surface area contributed by atoms with Gasteiger partial charge < -0.3 is 5.11 Å². The van der Waals surface area contributed by atoms with Crippen LogP contribution in [0.25, 0.3) is 0 Å². The number of hydrogen-bond donors (Lipinski definition) is 3. The molecule has 0 saturated heterocycles. The van der Waals surface area contributed by atoms with E-state index in [1.165, 1.54) is 21.1 Å². The molecule has 0 aromatic rings. The van der Waals surface area contributed by atoms with E-state index in [1.807, 2.05) is 0 Å². The highest BCUT2D eigenvalue weighted by Gasteiger charge is 2.59. The van der Waals surface area contributed by atoms with Crippen LogP contribution in [0.5, 0.6) is 0 Å². The summed E-state index contributed by atoms with van der Waals surface area (Å²) in [5.74, 6) is -1.80. The molecule has 1 unspecified atom stereocenters. The lowest BCUT2D eigenvalue weighted by Gasteiger charge is -2.36. The minimum absolute atomic E-state index is 0.638. The van der Waals surface area contributed by atoms with Crippen LogP contribution in [-0.4, -0.2) is 54.7 Å². The fraction of sp³-hybridized carbons (Fsp3) is 0.800. The Hall–Kier alpha value is -0.700. The van der Waals surface area contributed by atoms with Gasteiger partial charge in [0.25, 0.3) is 0 Å². The summed E-state index contributed by atoms with van der Waals surface area (Å²) in [7, 11) is -1.12. The SMILES string of the molecule is C[N+](C)(C)C(N)(C(=O)O)S(=O)(=O)O. The zero-order valence-corrected chi connectivity index (χ0v) is 8.37. The van der Waals surface area contributed by atoms with Crippen molar-refractivity contribution in [2.75, 3.05) is 21.1 Å². The maximum atomic E-state index is 10.8. The van der Waals surface area contributed by atoms with Crippen molar-refractivity contribution in [2.24, 2.45) is 5.73 Å². The van der Waals surface area contributed by atoms with Gasteiger partial charge >= 0.3 is 21.1 Å². The molecule has 0 aliphatic heterocycles. The molecule has 0 radical (unpaired) electrons. The van der Waals surface area contributed by atoms with Gasteiger partial charge in [0.15, 0.2) is 0 Å². The van der Waals surface area contributed by atoms with E-state index in [0.717, 1.165) is 0 Å². The van der Waals surface area contributed by atoms with Crippen molar-refractivity contribution in [3.63, 3.8) is 0 Å². The highest BCUT2D eigenvalue weighted by atomic mass is 32.2. The fourth-order valence-corrected chi connectivity index (χ4v) is 1.66. The predicted molar refractivity (Wildman–Crippen MR) is 44.1 cm³/mol. The van der Waals surface area contributed by atoms with Crippen molar-refractivity contribution in [1.29, 1.82) is 0 Å². The molecule has 7 nitrogen and oxygen atoms in total. The van der Waals surface area contributed by atoms with Gasteiger partial charge in [0.05, 0.1) is 21.1 Å². The molecule has 13 heavy (non-hydrogen) atoms. The maximum Gasteiger partial charge on any atom is 0.401 e. The first-order valence-electron chi connectivity index (χ1n) is 3.25. The van der Waals surface area contributed by atoms with Crippen LogP contribution in [-0.2, 0) is 14.9 Å². The number of carbonyl (C=O) groups is 1. The largest absolute Gasteiger partial charge is 0.475 e. The van der Waals surface area contributed by atoms with E-state index in [2.05, 4.69) is 0 Å². The molecule has 4 N–H and O–H groups in total. The Balaban J connectivity index is 5.64. The molecule has 0 fully saturated rings. The molecule has 0 rings (SSSR count). The van der Waals surface area contributed by atoms with Crippen LogP contribution in [0, 0.1) is 0 Å². The zero-order chi connectivity index (χ0) is 11.1. The van der Waals surface area contributed by atoms with Gasteiger partial charge in [-0.2, -0.15) is 8.42 Å². The molecule has 0 heterocycles. The lowest BCUT2D eigenvalue weighted by atomic mass is 10.4. The van der Waals surface area contributed by atoms with E-state index in [9.17, 15) is 13.2 Å². The van der Waals surface area contributed by atoms with E-state index < -0.39 is 25.6 Å². The summed E-state index contributed by atoms with van der Waals surface area (Å²) in [6.45, 7) is 0. The summed E-state index contributed by atoms with van der Waals surface area (Å²) in [4.78, 5) is 7.89. The van der Waals surface area contributed by atoms with Gasteiger partial charge in [0.2, 0.25) is 0 Å². The van der Waals surface area contributed by atoms with Gasteiger partial charge in [-0.1, -0.05) is 0 Å². The average Bonchev–Trinajstić information content (AvgIpc) is 1.80. The van der Waals surface area contributed by atoms with Crippen molar-refractivity contribution >= 4 is 16.1 Å². The molecular weight excluding hydrogens is 200 g/mol. The molecule has 0 aromatic carbocycles. The minimum atomic E-state index is -4.87. The van der Waals surface area contributed by atoms with Crippen LogP contribution in [0.2, 0.25) is 0 Å². The monoisotopic (exact) mass is 213 g/mol. The molecule has 8 heteroatoms. The number of nitrogens with two attached hydrogens (primary N) is 1. The Labute approximate surface area is 76.1 Å². The van der Waals surface area contributed by atoms with E-state index in [0.29, 0.717) is 0 Å². The molecule has 0 spiro atoms. The first kappa shape index (κ1) is 12.3. The van der Waals surface area contributed by atoms with Gasteiger partial charge in [-0.3, -0.25) is 14.8 Å². The molecule has 0 saturated carbocycles. The predicted octanol–water partition coefficient (Wildman–Crippen LogP) is -1.72. The fourth-order valence-electron chi connectivity index (χ4n) is 0.743. The Morgan fingerprint density at radius 2 is 1.69 bits per heavy atom.